The van der Waals surface area contributed by atoms with E-state index in [1.807, 2.05) is 13.1 Å². The molecule has 1 aromatic rings. The fourth-order valence-corrected chi connectivity index (χ4v) is 1.79. The van der Waals surface area contributed by atoms with Gasteiger partial charge in [-0.15, -0.1) is 0 Å². The molecule has 4 heteroatoms. The molecular formula is C12H17BrFNO. The standard InChI is InChI=1S/C12H17BrFNO/c1-3-6-16-8-12(15-2)10-5-4-9(13)7-11(10)14/h4-5,7,12,15H,3,6,8H2,1-2H3. The molecule has 0 aliphatic heterocycles. The van der Waals surface area contributed by atoms with E-state index >= 15 is 0 Å². The third-order valence-corrected chi connectivity index (χ3v) is 2.81. The molecule has 1 unspecified atom stereocenters. The Balaban J connectivity index is 2.70. The van der Waals surface area contributed by atoms with Crippen molar-refractivity contribution >= 4 is 15.9 Å². The monoisotopic (exact) mass is 289 g/mol. The zero-order valence-corrected chi connectivity index (χ0v) is 11.2. The van der Waals surface area contributed by atoms with Crippen LogP contribution in [0.2, 0.25) is 0 Å². The molecule has 1 aromatic carbocycles. The molecular weight excluding hydrogens is 273 g/mol. The molecule has 0 aromatic heterocycles. The van der Waals surface area contributed by atoms with Gasteiger partial charge in [0.25, 0.3) is 0 Å². The highest BCUT2D eigenvalue weighted by molar-refractivity contribution is 9.10. The minimum Gasteiger partial charge on any atom is -0.379 e. The summed E-state index contributed by atoms with van der Waals surface area (Å²) in [6, 6.07) is 4.98. The van der Waals surface area contributed by atoms with Crippen LogP contribution in [0.1, 0.15) is 24.9 Å². The molecule has 0 amide bonds. The minimum absolute atomic E-state index is 0.0975. The lowest BCUT2D eigenvalue weighted by Crippen LogP contribution is -2.23. The topological polar surface area (TPSA) is 21.3 Å². The molecule has 0 saturated carbocycles. The van der Waals surface area contributed by atoms with Gasteiger partial charge >= 0.3 is 0 Å². The Morgan fingerprint density at radius 3 is 2.81 bits per heavy atom. The summed E-state index contributed by atoms with van der Waals surface area (Å²) in [6.45, 7) is 3.24. The minimum atomic E-state index is -0.214. The number of rotatable bonds is 6. The van der Waals surface area contributed by atoms with Crippen molar-refractivity contribution in [3.63, 3.8) is 0 Å². The van der Waals surface area contributed by atoms with Crippen LogP contribution in [0.4, 0.5) is 4.39 Å². The van der Waals surface area contributed by atoms with Crippen molar-refractivity contribution in [1.82, 2.24) is 5.32 Å². The van der Waals surface area contributed by atoms with Crippen molar-refractivity contribution in [3.8, 4) is 0 Å². The summed E-state index contributed by atoms with van der Waals surface area (Å²) in [5, 5.41) is 3.06. The molecule has 16 heavy (non-hydrogen) atoms. The van der Waals surface area contributed by atoms with Crippen LogP contribution in [0.5, 0.6) is 0 Å². The van der Waals surface area contributed by atoms with Gasteiger partial charge in [-0.2, -0.15) is 0 Å². The molecule has 0 radical (unpaired) electrons. The fraction of sp³-hybridized carbons (Fsp3) is 0.500. The summed E-state index contributed by atoms with van der Waals surface area (Å²) in [5.41, 5.74) is 0.641. The third-order valence-electron chi connectivity index (χ3n) is 2.32. The van der Waals surface area contributed by atoms with E-state index in [9.17, 15) is 4.39 Å². The SMILES string of the molecule is CCCOCC(NC)c1ccc(Br)cc1F. The fourth-order valence-electron chi connectivity index (χ4n) is 1.46. The number of hydrogen-bond acceptors (Lipinski definition) is 2. The molecule has 0 aliphatic carbocycles. The Kier molecular flexibility index (Phi) is 5.95. The first-order valence-electron chi connectivity index (χ1n) is 5.39. The average Bonchev–Trinajstić information content (AvgIpc) is 2.26. The van der Waals surface area contributed by atoms with Crippen molar-refractivity contribution in [2.75, 3.05) is 20.3 Å². The van der Waals surface area contributed by atoms with Gasteiger partial charge in [-0.05, 0) is 25.6 Å². The van der Waals surface area contributed by atoms with Crippen LogP contribution in [0.3, 0.4) is 0 Å². The molecule has 90 valence electrons. The molecule has 0 heterocycles. The van der Waals surface area contributed by atoms with E-state index in [0.29, 0.717) is 18.8 Å². The average molecular weight is 290 g/mol. The quantitative estimate of drug-likeness (QED) is 0.812. The first-order valence-corrected chi connectivity index (χ1v) is 6.18. The van der Waals surface area contributed by atoms with E-state index in [1.54, 1.807) is 6.07 Å². The van der Waals surface area contributed by atoms with Gasteiger partial charge < -0.3 is 10.1 Å². The number of likely N-dealkylation sites (N-methyl/N-ethyl adjacent to an activating group) is 1. The first kappa shape index (κ1) is 13.6. The molecule has 1 N–H and O–H groups in total. The lowest BCUT2D eigenvalue weighted by Gasteiger charge is -2.17. The van der Waals surface area contributed by atoms with Crippen molar-refractivity contribution in [1.29, 1.82) is 0 Å². The molecule has 0 aliphatic rings. The van der Waals surface area contributed by atoms with Gasteiger partial charge in [0.05, 0.1) is 12.6 Å². The van der Waals surface area contributed by atoms with Crippen molar-refractivity contribution < 1.29 is 9.13 Å². The molecule has 1 atom stereocenters. The van der Waals surface area contributed by atoms with Crippen LogP contribution in [0.15, 0.2) is 22.7 Å². The zero-order valence-electron chi connectivity index (χ0n) is 9.59. The van der Waals surface area contributed by atoms with E-state index in [1.165, 1.54) is 6.07 Å². The Hall–Kier alpha value is -0.450. The summed E-state index contributed by atoms with van der Waals surface area (Å²) in [7, 11) is 1.81. The Morgan fingerprint density at radius 2 is 2.25 bits per heavy atom. The maximum absolute atomic E-state index is 13.7. The molecule has 0 bridgehead atoms. The summed E-state index contributed by atoms with van der Waals surface area (Å²) in [5.74, 6) is -0.214. The van der Waals surface area contributed by atoms with Crippen molar-refractivity contribution in [2.45, 2.75) is 19.4 Å². The van der Waals surface area contributed by atoms with Crippen LogP contribution >= 0.6 is 15.9 Å². The Bertz CT molecular complexity index is 333. The third kappa shape index (κ3) is 3.85. The van der Waals surface area contributed by atoms with Gasteiger partial charge in [-0.25, -0.2) is 4.39 Å². The predicted octanol–water partition coefficient (Wildman–Crippen LogP) is 3.28. The second kappa shape index (κ2) is 6.99. The summed E-state index contributed by atoms with van der Waals surface area (Å²) >= 11 is 3.24. The number of ether oxygens (including phenoxy) is 1. The largest absolute Gasteiger partial charge is 0.379 e. The van der Waals surface area contributed by atoms with Crippen molar-refractivity contribution in [3.05, 3.63) is 34.1 Å². The van der Waals surface area contributed by atoms with Crippen LogP contribution in [0.25, 0.3) is 0 Å². The molecule has 1 rings (SSSR count). The second-order valence-electron chi connectivity index (χ2n) is 3.58. The van der Waals surface area contributed by atoms with E-state index in [4.69, 9.17) is 4.74 Å². The van der Waals surface area contributed by atoms with Gasteiger partial charge in [0, 0.05) is 16.6 Å². The van der Waals surface area contributed by atoms with Gasteiger partial charge in [0.1, 0.15) is 5.82 Å². The highest BCUT2D eigenvalue weighted by Gasteiger charge is 2.14. The highest BCUT2D eigenvalue weighted by atomic mass is 79.9. The number of hydrogen-bond donors (Lipinski definition) is 1. The lowest BCUT2D eigenvalue weighted by atomic mass is 10.1. The van der Waals surface area contributed by atoms with Gasteiger partial charge in [0.2, 0.25) is 0 Å². The Labute approximate surface area is 104 Å². The van der Waals surface area contributed by atoms with Crippen LogP contribution < -0.4 is 5.32 Å². The first-order chi connectivity index (χ1) is 7.69. The molecule has 0 spiro atoms. The smallest absolute Gasteiger partial charge is 0.129 e. The predicted molar refractivity (Wildman–Crippen MR) is 67.0 cm³/mol. The normalized spacial score (nSPS) is 12.8. The van der Waals surface area contributed by atoms with Gasteiger partial charge in [0.15, 0.2) is 0 Å². The van der Waals surface area contributed by atoms with Crippen LogP contribution in [-0.2, 0) is 4.74 Å². The van der Waals surface area contributed by atoms with Gasteiger partial charge in [-0.1, -0.05) is 28.9 Å². The lowest BCUT2D eigenvalue weighted by molar-refractivity contribution is 0.113. The Morgan fingerprint density at radius 1 is 1.50 bits per heavy atom. The van der Waals surface area contributed by atoms with Crippen molar-refractivity contribution in [2.24, 2.45) is 0 Å². The molecule has 0 fully saturated rings. The van der Waals surface area contributed by atoms with Gasteiger partial charge in [-0.3, -0.25) is 0 Å². The summed E-state index contributed by atoms with van der Waals surface area (Å²) in [6.07, 6.45) is 0.971. The van der Waals surface area contributed by atoms with E-state index in [0.717, 1.165) is 10.9 Å². The van der Waals surface area contributed by atoms with E-state index in [2.05, 4.69) is 28.2 Å². The maximum atomic E-state index is 13.7. The number of benzene rings is 1. The van der Waals surface area contributed by atoms with E-state index in [-0.39, 0.29) is 11.9 Å². The second-order valence-corrected chi connectivity index (χ2v) is 4.50. The molecule has 2 nitrogen and oxygen atoms in total. The summed E-state index contributed by atoms with van der Waals surface area (Å²) in [4.78, 5) is 0. The van der Waals surface area contributed by atoms with Crippen LogP contribution in [-0.4, -0.2) is 20.3 Å². The highest BCUT2D eigenvalue weighted by Crippen LogP contribution is 2.21. The number of nitrogens with one attached hydrogen (secondary N) is 1. The van der Waals surface area contributed by atoms with Crippen LogP contribution in [0, 0.1) is 5.82 Å². The number of halogens is 2. The zero-order chi connectivity index (χ0) is 12.0. The molecule has 0 saturated heterocycles. The summed E-state index contributed by atoms with van der Waals surface area (Å²) < 4.78 is 19.9. The van der Waals surface area contributed by atoms with E-state index < -0.39 is 0 Å². The maximum Gasteiger partial charge on any atom is 0.129 e.